The number of rotatable bonds is 1. The average Bonchev–Trinajstić information content (AvgIpc) is 2.66. The van der Waals surface area contributed by atoms with E-state index in [4.69, 9.17) is 4.74 Å². The first-order valence-electron chi connectivity index (χ1n) is 4.12. The zero-order valence-electron chi connectivity index (χ0n) is 7.61. The maximum absolute atomic E-state index is 5.10. The third-order valence-corrected chi connectivity index (χ3v) is 1.86. The van der Waals surface area contributed by atoms with E-state index in [1.165, 1.54) is 0 Å². The van der Waals surface area contributed by atoms with Gasteiger partial charge in [-0.15, -0.1) is 5.10 Å². The smallest absolute Gasteiger partial charge is 0.126 e. The zero-order valence-corrected chi connectivity index (χ0v) is 7.61. The molecule has 4 heteroatoms. The zero-order chi connectivity index (χ0) is 8.77. The highest BCUT2D eigenvalue weighted by Crippen LogP contribution is 2.28. The summed E-state index contributed by atoms with van der Waals surface area (Å²) in [7, 11) is 0. The van der Waals surface area contributed by atoms with Crippen molar-refractivity contribution in [2.45, 2.75) is 32.4 Å². The lowest BCUT2D eigenvalue weighted by Gasteiger charge is -2.17. The SMILES string of the molecule is CC(C)(C)n1cc([C@H]2CO2)nn1. The maximum Gasteiger partial charge on any atom is 0.126 e. The molecular formula is C8H13N3O. The third-order valence-electron chi connectivity index (χ3n) is 1.86. The van der Waals surface area contributed by atoms with Gasteiger partial charge >= 0.3 is 0 Å². The molecule has 1 atom stereocenters. The molecule has 1 saturated heterocycles. The van der Waals surface area contributed by atoms with Gasteiger partial charge < -0.3 is 4.74 Å². The fourth-order valence-electron chi connectivity index (χ4n) is 0.971. The molecule has 0 saturated carbocycles. The minimum Gasteiger partial charge on any atom is -0.366 e. The van der Waals surface area contributed by atoms with E-state index in [-0.39, 0.29) is 11.6 Å². The molecule has 0 N–H and O–H groups in total. The standard InChI is InChI=1S/C8H13N3O/c1-8(2,3)11-4-6(9-10-11)7-5-12-7/h4,7H,5H2,1-3H3/t7-/m1/s1. The fourth-order valence-corrected chi connectivity index (χ4v) is 0.971. The van der Waals surface area contributed by atoms with Gasteiger partial charge in [0.15, 0.2) is 0 Å². The van der Waals surface area contributed by atoms with Crippen LogP contribution >= 0.6 is 0 Å². The molecule has 1 fully saturated rings. The van der Waals surface area contributed by atoms with Crippen LogP contribution in [0, 0.1) is 0 Å². The molecule has 1 aromatic heterocycles. The second-order valence-electron chi connectivity index (χ2n) is 4.08. The lowest BCUT2D eigenvalue weighted by atomic mass is 10.1. The minimum absolute atomic E-state index is 0.0140. The van der Waals surface area contributed by atoms with Crippen molar-refractivity contribution in [3.05, 3.63) is 11.9 Å². The lowest BCUT2D eigenvalue weighted by molar-refractivity contribution is 0.346. The molecule has 12 heavy (non-hydrogen) atoms. The van der Waals surface area contributed by atoms with Crippen molar-refractivity contribution in [2.24, 2.45) is 0 Å². The summed E-state index contributed by atoms with van der Waals surface area (Å²) in [6.45, 7) is 7.08. The molecular weight excluding hydrogens is 154 g/mol. The van der Waals surface area contributed by atoms with Crippen LogP contribution in [0.1, 0.15) is 32.6 Å². The van der Waals surface area contributed by atoms with E-state index in [9.17, 15) is 0 Å². The molecule has 2 heterocycles. The molecule has 0 aromatic carbocycles. The number of aromatic nitrogens is 3. The highest BCUT2D eigenvalue weighted by atomic mass is 16.6. The molecule has 0 aliphatic carbocycles. The topological polar surface area (TPSA) is 43.2 Å². The normalized spacial score (nSPS) is 22.8. The van der Waals surface area contributed by atoms with E-state index in [2.05, 4.69) is 31.1 Å². The molecule has 1 aliphatic rings. The Hall–Kier alpha value is -0.900. The van der Waals surface area contributed by atoms with Gasteiger partial charge in [0.1, 0.15) is 11.8 Å². The molecule has 4 nitrogen and oxygen atoms in total. The van der Waals surface area contributed by atoms with Gasteiger partial charge in [0.25, 0.3) is 0 Å². The van der Waals surface area contributed by atoms with Gasteiger partial charge in [-0.3, -0.25) is 0 Å². The third kappa shape index (κ3) is 1.34. The van der Waals surface area contributed by atoms with Crippen LogP contribution in [0.25, 0.3) is 0 Å². The Bertz CT molecular complexity index is 283. The van der Waals surface area contributed by atoms with Crippen LogP contribution < -0.4 is 0 Å². The molecule has 0 unspecified atom stereocenters. The minimum atomic E-state index is 0.0140. The number of ether oxygens (including phenoxy) is 1. The largest absolute Gasteiger partial charge is 0.366 e. The van der Waals surface area contributed by atoms with E-state index in [1.54, 1.807) is 0 Å². The van der Waals surface area contributed by atoms with Crippen molar-refractivity contribution in [1.82, 2.24) is 15.0 Å². The summed E-state index contributed by atoms with van der Waals surface area (Å²) in [5.74, 6) is 0. The van der Waals surface area contributed by atoms with Crippen molar-refractivity contribution >= 4 is 0 Å². The first-order chi connectivity index (χ1) is 5.57. The van der Waals surface area contributed by atoms with Crippen LogP contribution in [-0.2, 0) is 10.3 Å². The Balaban J connectivity index is 2.23. The molecule has 0 radical (unpaired) electrons. The van der Waals surface area contributed by atoms with Gasteiger partial charge in [0.2, 0.25) is 0 Å². The van der Waals surface area contributed by atoms with E-state index in [1.807, 2.05) is 10.9 Å². The summed E-state index contributed by atoms with van der Waals surface area (Å²) in [5, 5.41) is 8.07. The quantitative estimate of drug-likeness (QED) is 0.588. The summed E-state index contributed by atoms with van der Waals surface area (Å²) in [5.41, 5.74) is 0.963. The predicted molar refractivity (Wildman–Crippen MR) is 43.7 cm³/mol. The second kappa shape index (κ2) is 2.29. The monoisotopic (exact) mass is 167 g/mol. The first-order valence-corrected chi connectivity index (χ1v) is 4.12. The Morgan fingerprint density at radius 3 is 2.67 bits per heavy atom. The molecule has 1 aromatic rings. The van der Waals surface area contributed by atoms with Gasteiger partial charge in [0.05, 0.1) is 18.3 Å². The molecule has 0 bridgehead atoms. The summed E-state index contributed by atoms with van der Waals surface area (Å²) in [6, 6.07) is 0. The average molecular weight is 167 g/mol. The number of hydrogen-bond donors (Lipinski definition) is 0. The number of hydrogen-bond acceptors (Lipinski definition) is 3. The predicted octanol–water partition coefficient (Wildman–Crippen LogP) is 1.10. The molecule has 0 amide bonds. The molecule has 2 rings (SSSR count). The molecule has 1 aliphatic heterocycles. The first kappa shape index (κ1) is 7.73. The van der Waals surface area contributed by atoms with Crippen molar-refractivity contribution in [3.8, 4) is 0 Å². The second-order valence-corrected chi connectivity index (χ2v) is 4.08. The van der Waals surface area contributed by atoms with Crippen LogP contribution in [-0.4, -0.2) is 21.6 Å². The van der Waals surface area contributed by atoms with Gasteiger partial charge in [-0.05, 0) is 20.8 Å². The Labute approximate surface area is 71.5 Å². The van der Waals surface area contributed by atoms with Crippen LogP contribution in [0.5, 0.6) is 0 Å². The maximum atomic E-state index is 5.10. The summed E-state index contributed by atoms with van der Waals surface area (Å²) < 4.78 is 6.97. The van der Waals surface area contributed by atoms with E-state index in [0.29, 0.717) is 0 Å². The van der Waals surface area contributed by atoms with Crippen molar-refractivity contribution in [1.29, 1.82) is 0 Å². The van der Waals surface area contributed by atoms with E-state index in [0.717, 1.165) is 12.3 Å². The van der Waals surface area contributed by atoms with Gasteiger partial charge in [0, 0.05) is 0 Å². The van der Waals surface area contributed by atoms with Gasteiger partial charge in [-0.2, -0.15) is 0 Å². The Kier molecular flexibility index (Phi) is 1.48. The van der Waals surface area contributed by atoms with Crippen LogP contribution in [0.15, 0.2) is 6.20 Å². The van der Waals surface area contributed by atoms with E-state index < -0.39 is 0 Å². The van der Waals surface area contributed by atoms with Crippen LogP contribution in [0.4, 0.5) is 0 Å². The van der Waals surface area contributed by atoms with Gasteiger partial charge in [-0.1, -0.05) is 5.21 Å². The highest BCUT2D eigenvalue weighted by Gasteiger charge is 2.29. The number of nitrogens with zero attached hydrogens (tertiary/aromatic N) is 3. The van der Waals surface area contributed by atoms with Crippen molar-refractivity contribution < 1.29 is 4.74 Å². The Morgan fingerprint density at radius 2 is 2.25 bits per heavy atom. The van der Waals surface area contributed by atoms with Crippen molar-refractivity contribution in [3.63, 3.8) is 0 Å². The molecule has 66 valence electrons. The number of epoxide rings is 1. The summed E-state index contributed by atoms with van der Waals surface area (Å²) in [6.07, 6.45) is 2.17. The van der Waals surface area contributed by atoms with E-state index >= 15 is 0 Å². The van der Waals surface area contributed by atoms with Crippen molar-refractivity contribution in [2.75, 3.05) is 6.61 Å². The van der Waals surface area contributed by atoms with Gasteiger partial charge in [-0.25, -0.2) is 4.68 Å². The lowest BCUT2D eigenvalue weighted by Crippen LogP contribution is -2.22. The highest BCUT2D eigenvalue weighted by molar-refractivity contribution is 5.03. The fraction of sp³-hybridized carbons (Fsp3) is 0.750. The molecule has 0 spiro atoms. The Morgan fingerprint density at radius 1 is 1.58 bits per heavy atom. The van der Waals surface area contributed by atoms with Crippen LogP contribution in [0.2, 0.25) is 0 Å². The van der Waals surface area contributed by atoms with Crippen LogP contribution in [0.3, 0.4) is 0 Å². The summed E-state index contributed by atoms with van der Waals surface area (Å²) >= 11 is 0. The summed E-state index contributed by atoms with van der Waals surface area (Å²) in [4.78, 5) is 0.